The highest BCUT2D eigenvalue weighted by Crippen LogP contribution is 2.25. The molecule has 0 atom stereocenters. The van der Waals surface area contributed by atoms with Gasteiger partial charge in [-0.1, -0.05) is 30.3 Å². The van der Waals surface area contributed by atoms with E-state index in [0.717, 1.165) is 22.4 Å². The molecule has 0 aliphatic rings. The summed E-state index contributed by atoms with van der Waals surface area (Å²) in [4.78, 5) is 15.2. The van der Waals surface area contributed by atoms with Gasteiger partial charge in [0.1, 0.15) is 0 Å². The molecule has 1 amide bonds. The fraction of sp³-hybridized carbons (Fsp3) is 0.158. The van der Waals surface area contributed by atoms with E-state index in [1.165, 1.54) is 5.56 Å². The van der Waals surface area contributed by atoms with Crippen LogP contribution in [0.3, 0.4) is 0 Å². The smallest absolute Gasteiger partial charge is 0.243 e. The molecule has 2 aromatic carbocycles. The average Bonchev–Trinajstić information content (AvgIpc) is 3.14. The number of hydrogen-bond donors (Lipinski definition) is 2. The second kappa shape index (κ2) is 7.10. The van der Waals surface area contributed by atoms with E-state index in [9.17, 15) is 4.79 Å². The lowest BCUT2D eigenvalue weighted by atomic mass is 9.97. The quantitative estimate of drug-likeness (QED) is 0.560. The van der Waals surface area contributed by atoms with Crippen LogP contribution in [0.5, 0.6) is 0 Å². The fourth-order valence-corrected chi connectivity index (χ4v) is 2.74. The van der Waals surface area contributed by atoms with E-state index in [0.29, 0.717) is 6.42 Å². The van der Waals surface area contributed by atoms with Gasteiger partial charge < -0.3 is 4.57 Å². The van der Waals surface area contributed by atoms with Gasteiger partial charge in [0.2, 0.25) is 5.91 Å². The molecule has 0 fully saturated rings. The number of carbonyl (C=O) groups excluding carboxylic acids is 1. The molecule has 3 aromatic rings. The maximum atomic E-state index is 11.1. The van der Waals surface area contributed by atoms with Crippen LogP contribution in [0.2, 0.25) is 0 Å². The fourth-order valence-electron chi connectivity index (χ4n) is 2.74. The van der Waals surface area contributed by atoms with Crippen LogP contribution in [0.1, 0.15) is 17.5 Å². The van der Waals surface area contributed by atoms with Gasteiger partial charge in [-0.05, 0) is 47.7 Å². The molecule has 2 N–H and O–H groups in total. The van der Waals surface area contributed by atoms with Crippen molar-refractivity contribution in [2.75, 3.05) is 0 Å². The zero-order valence-electron chi connectivity index (χ0n) is 13.4. The Morgan fingerprint density at radius 1 is 1.21 bits per heavy atom. The van der Waals surface area contributed by atoms with E-state index in [-0.39, 0.29) is 12.3 Å². The molecule has 122 valence electrons. The highest BCUT2D eigenvalue weighted by atomic mass is 16.5. The van der Waals surface area contributed by atoms with Gasteiger partial charge >= 0.3 is 0 Å². The standard InChI is InChI=1S/C19H19N3O2/c1-14-12-15(3-9-19(23)21-24)2-8-18(14)16-4-6-17(7-5-16)22-11-10-20-13-22/h2,4-8,10-13,24H,3,9H2,1H3,(H,21,23). The molecule has 5 nitrogen and oxygen atoms in total. The van der Waals surface area contributed by atoms with Crippen LogP contribution < -0.4 is 5.48 Å². The van der Waals surface area contributed by atoms with Gasteiger partial charge in [-0.15, -0.1) is 0 Å². The molecule has 24 heavy (non-hydrogen) atoms. The number of imidazole rings is 1. The Labute approximate surface area is 140 Å². The Balaban J connectivity index is 1.78. The van der Waals surface area contributed by atoms with Crippen molar-refractivity contribution in [3.05, 3.63) is 72.3 Å². The maximum Gasteiger partial charge on any atom is 0.243 e. The summed E-state index contributed by atoms with van der Waals surface area (Å²) >= 11 is 0. The van der Waals surface area contributed by atoms with E-state index in [4.69, 9.17) is 5.21 Å². The topological polar surface area (TPSA) is 67.2 Å². The summed E-state index contributed by atoms with van der Waals surface area (Å²) in [6.07, 6.45) is 6.32. The molecule has 0 aliphatic heterocycles. The molecule has 0 aliphatic carbocycles. The molecule has 3 rings (SSSR count). The van der Waals surface area contributed by atoms with Gasteiger partial charge in [0.05, 0.1) is 6.33 Å². The summed E-state index contributed by atoms with van der Waals surface area (Å²) in [6, 6.07) is 14.5. The Hall–Kier alpha value is -2.92. The molecule has 0 saturated heterocycles. The number of aryl methyl sites for hydroxylation is 2. The van der Waals surface area contributed by atoms with Crippen molar-refractivity contribution < 1.29 is 10.0 Å². The first-order chi connectivity index (χ1) is 11.7. The van der Waals surface area contributed by atoms with Crippen LogP contribution in [-0.4, -0.2) is 20.7 Å². The third-order valence-electron chi connectivity index (χ3n) is 4.04. The van der Waals surface area contributed by atoms with E-state index >= 15 is 0 Å². The van der Waals surface area contributed by atoms with Gasteiger partial charge in [0.25, 0.3) is 0 Å². The normalized spacial score (nSPS) is 10.6. The van der Waals surface area contributed by atoms with Crippen molar-refractivity contribution in [2.24, 2.45) is 0 Å². The van der Waals surface area contributed by atoms with Gasteiger partial charge in [0, 0.05) is 24.5 Å². The Bertz CT molecular complexity index is 824. The predicted octanol–water partition coefficient (Wildman–Crippen LogP) is 3.29. The van der Waals surface area contributed by atoms with Crippen LogP contribution in [0.25, 0.3) is 16.8 Å². The summed E-state index contributed by atoms with van der Waals surface area (Å²) in [7, 11) is 0. The van der Waals surface area contributed by atoms with E-state index in [2.05, 4.69) is 48.3 Å². The van der Waals surface area contributed by atoms with E-state index in [1.54, 1.807) is 18.0 Å². The lowest BCUT2D eigenvalue weighted by Gasteiger charge is -2.10. The Kier molecular flexibility index (Phi) is 4.72. The third-order valence-corrected chi connectivity index (χ3v) is 4.04. The highest BCUT2D eigenvalue weighted by molar-refractivity contribution is 5.75. The van der Waals surface area contributed by atoms with Gasteiger partial charge in [-0.3, -0.25) is 10.0 Å². The zero-order valence-corrected chi connectivity index (χ0v) is 13.4. The second-order valence-corrected chi connectivity index (χ2v) is 5.70. The number of nitrogens with one attached hydrogen (secondary N) is 1. The van der Waals surface area contributed by atoms with Crippen molar-refractivity contribution in [1.29, 1.82) is 0 Å². The minimum Gasteiger partial charge on any atom is -0.306 e. The monoisotopic (exact) mass is 321 g/mol. The molecule has 0 unspecified atom stereocenters. The second-order valence-electron chi connectivity index (χ2n) is 5.70. The lowest BCUT2D eigenvalue weighted by molar-refractivity contribution is -0.129. The number of carbonyl (C=O) groups is 1. The Morgan fingerprint density at radius 3 is 2.62 bits per heavy atom. The molecule has 1 heterocycles. The molecular weight excluding hydrogens is 302 g/mol. The molecule has 1 aromatic heterocycles. The van der Waals surface area contributed by atoms with Crippen molar-refractivity contribution in [2.45, 2.75) is 19.8 Å². The number of hydroxylamine groups is 1. The van der Waals surface area contributed by atoms with Gasteiger partial charge in [-0.25, -0.2) is 10.5 Å². The van der Waals surface area contributed by atoms with Crippen molar-refractivity contribution in [3.8, 4) is 16.8 Å². The minimum absolute atomic E-state index is 0.273. The van der Waals surface area contributed by atoms with Crippen molar-refractivity contribution in [1.82, 2.24) is 15.0 Å². The first kappa shape index (κ1) is 16.0. The minimum atomic E-state index is -0.369. The molecular formula is C19H19N3O2. The number of hydrogen-bond acceptors (Lipinski definition) is 3. The first-order valence-electron chi connectivity index (χ1n) is 7.78. The van der Waals surface area contributed by atoms with Gasteiger partial charge in [0.15, 0.2) is 0 Å². The van der Waals surface area contributed by atoms with Crippen molar-refractivity contribution >= 4 is 5.91 Å². The number of aromatic nitrogens is 2. The van der Waals surface area contributed by atoms with Crippen LogP contribution in [-0.2, 0) is 11.2 Å². The first-order valence-corrected chi connectivity index (χ1v) is 7.78. The summed E-state index contributed by atoms with van der Waals surface area (Å²) in [6.45, 7) is 2.06. The summed E-state index contributed by atoms with van der Waals surface area (Å²) < 4.78 is 1.96. The molecule has 0 radical (unpaired) electrons. The van der Waals surface area contributed by atoms with Crippen LogP contribution in [0.4, 0.5) is 0 Å². The molecule has 0 spiro atoms. The van der Waals surface area contributed by atoms with Crippen LogP contribution in [0.15, 0.2) is 61.2 Å². The summed E-state index contributed by atoms with van der Waals surface area (Å²) in [5, 5.41) is 8.55. The number of benzene rings is 2. The number of amides is 1. The lowest BCUT2D eigenvalue weighted by Crippen LogP contribution is -2.18. The zero-order chi connectivity index (χ0) is 16.9. The van der Waals surface area contributed by atoms with Crippen molar-refractivity contribution in [3.63, 3.8) is 0 Å². The Morgan fingerprint density at radius 2 is 2.00 bits per heavy atom. The van der Waals surface area contributed by atoms with Crippen LogP contribution in [0, 0.1) is 6.92 Å². The average molecular weight is 321 g/mol. The molecule has 0 bridgehead atoms. The number of nitrogens with zero attached hydrogens (tertiary/aromatic N) is 2. The SMILES string of the molecule is Cc1cc(CCC(=O)NO)ccc1-c1ccc(-n2ccnc2)cc1. The summed E-state index contributed by atoms with van der Waals surface area (Å²) in [5.41, 5.74) is 7.28. The number of rotatable bonds is 5. The van der Waals surface area contributed by atoms with Crippen LogP contribution >= 0.6 is 0 Å². The highest BCUT2D eigenvalue weighted by Gasteiger charge is 2.06. The molecule has 0 saturated carbocycles. The predicted molar refractivity (Wildman–Crippen MR) is 92.0 cm³/mol. The summed E-state index contributed by atoms with van der Waals surface area (Å²) in [5.74, 6) is -0.369. The van der Waals surface area contributed by atoms with Gasteiger partial charge in [-0.2, -0.15) is 0 Å². The van der Waals surface area contributed by atoms with E-state index in [1.807, 2.05) is 16.8 Å². The third kappa shape index (κ3) is 3.52. The largest absolute Gasteiger partial charge is 0.306 e. The maximum absolute atomic E-state index is 11.1. The molecule has 5 heteroatoms. The van der Waals surface area contributed by atoms with E-state index < -0.39 is 0 Å².